The van der Waals surface area contributed by atoms with Crippen molar-refractivity contribution in [3.8, 4) is 0 Å². The van der Waals surface area contributed by atoms with Crippen LogP contribution in [0.5, 0.6) is 0 Å². The Kier molecular flexibility index (Phi) is 2.32. The maximum atomic E-state index is 12.6. The van der Waals surface area contributed by atoms with Crippen LogP contribution in [0.1, 0.15) is 16.7 Å². The summed E-state index contributed by atoms with van der Waals surface area (Å²) in [5.41, 5.74) is -0.899. The molecule has 0 saturated heterocycles. The highest BCUT2D eigenvalue weighted by atomic mass is 19.4. The Labute approximate surface area is 73.2 Å². The molecule has 0 unspecified atom stereocenters. The molecule has 13 heavy (non-hydrogen) atoms. The van der Waals surface area contributed by atoms with E-state index in [1.807, 2.05) is 0 Å². The number of alkyl halides is 3. The predicted molar refractivity (Wildman–Crippen MR) is 40.9 cm³/mol. The molecule has 0 saturated carbocycles. The van der Waals surface area contributed by atoms with Gasteiger partial charge in [0.15, 0.2) is 0 Å². The van der Waals surface area contributed by atoms with Crippen molar-refractivity contribution >= 4 is 0 Å². The summed E-state index contributed by atoms with van der Waals surface area (Å²) in [7, 11) is 0. The number of rotatable bonds is 0. The van der Waals surface area contributed by atoms with E-state index in [0.717, 1.165) is 12.1 Å². The molecule has 0 aliphatic carbocycles. The minimum Gasteiger partial charge on any atom is -0.207 e. The van der Waals surface area contributed by atoms with E-state index in [-0.39, 0.29) is 11.1 Å². The summed E-state index contributed by atoms with van der Waals surface area (Å²) in [5.74, 6) is -0.636. The van der Waals surface area contributed by atoms with Crippen LogP contribution in [0.25, 0.3) is 0 Å². The first kappa shape index (κ1) is 10.0. The molecule has 0 heterocycles. The SMILES string of the molecule is Cc1cc(F)cc(C)c1C(F)(F)F. The summed E-state index contributed by atoms with van der Waals surface area (Å²) in [4.78, 5) is 0. The highest BCUT2D eigenvalue weighted by Gasteiger charge is 2.34. The van der Waals surface area contributed by atoms with Crippen molar-refractivity contribution in [1.82, 2.24) is 0 Å². The second-order valence-corrected chi connectivity index (χ2v) is 2.91. The Morgan fingerprint density at radius 3 is 1.69 bits per heavy atom. The molecule has 0 N–H and O–H groups in total. The van der Waals surface area contributed by atoms with Crippen molar-refractivity contribution in [3.05, 3.63) is 34.6 Å². The molecule has 0 aromatic heterocycles. The predicted octanol–water partition coefficient (Wildman–Crippen LogP) is 3.46. The molecule has 0 aliphatic heterocycles. The third-order valence-electron chi connectivity index (χ3n) is 1.78. The lowest BCUT2D eigenvalue weighted by atomic mass is 10.0. The Balaban J connectivity index is 3.38. The summed E-state index contributed by atoms with van der Waals surface area (Å²) < 4.78 is 49.6. The minimum absolute atomic E-state index is 0.0787. The number of halogens is 4. The summed E-state index contributed by atoms with van der Waals surface area (Å²) in [6.45, 7) is 2.50. The third kappa shape index (κ3) is 1.99. The molecule has 1 aromatic carbocycles. The summed E-state index contributed by atoms with van der Waals surface area (Å²) >= 11 is 0. The lowest BCUT2D eigenvalue weighted by Crippen LogP contribution is -2.10. The highest BCUT2D eigenvalue weighted by Crippen LogP contribution is 2.34. The van der Waals surface area contributed by atoms with Gasteiger partial charge in [0.2, 0.25) is 0 Å². The van der Waals surface area contributed by atoms with Gasteiger partial charge in [0.25, 0.3) is 0 Å². The van der Waals surface area contributed by atoms with E-state index in [4.69, 9.17) is 0 Å². The van der Waals surface area contributed by atoms with E-state index in [1.54, 1.807) is 0 Å². The smallest absolute Gasteiger partial charge is 0.207 e. The van der Waals surface area contributed by atoms with Gasteiger partial charge in [-0.25, -0.2) is 4.39 Å². The molecule has 0 nitrogen and oxygen atoms in total. The van der Waals surface area contributed by atoms with Gasteiger partial charge in [0.05, 0.1) is 5.56 Å². The second kappa shape index (κ2) is 3.01. The van der Waals surface area contributed by atoms with Gasteiger partial charge >= 0.3 is 6.18 Å². The molecular weight excluding hydrogens is 184 g/mol. The van der Waals surface area contributed by atoms with Gasteiger partial charge in [-0.3, -0.25) is 0 Å². The van der Waals surface area contributed by atoms with E-state index in [9.17, 15) is 17.6 Å². The van der Waals surface area contributed by atoms with Crippen LogP contribution >= 0.6 is 0 Å². The molecule has 0 radical (unpaired) electrons. The topological polar surface area (TPSA) is 0 Å². The lowest BCUT2D eigenvalue weighted by molar-refractivity contribution is -0.138. The first-order valence-corrected chi connectivity index (χ1v) is 3.66. The van der Waals surface area contributed by atoms with Crippen LogP contribution in [0.3, 0.4) is 0 Å². The minimum atomic E-state index is -4.40. The maximum absolute atomic E-state index is 12.6. The second-order valence-electron chi connectivity index (χ2n) is 2.91. The standard InChI is InChI=1S/C9H8F4/c1-5-3-7(10)4-6(2)8(5)9(11,12)13/h3-4H,1-2H3. The van der Waals surface area contributed by atoms with Crippen LogP contribution in [0.2, 0.25) is 0 Å². The van der Waals surface area contributed by atoms with Gasteiger partial charge in [-0.15, -0.1) is 0 Å². The molecule has 0 spiro atoms. The van der Waals surface area contributed by atoms with Gasteiger partial charge < -0.3 is 0 Å². The van der Waals surface area contributed by atoms with E-state index in [2.05, 4.69) is 0 Å². The summed E-state index contributed by atoms with van der Waals surface area (Å²) in [5, 5.41) is 0. The van der Waals surface area contributed by atoms with Crippen LogP contribution in [0.15, 0.2) is 12.1 Å². The van der Waals surface area contributed by atoms with Crippen LogP contribution < -0.4 is 0 Å². The van der Waals surface area contributed by atoms with Crippen molar-refractivity contribution in [3.63, 3.8) is 0 Å². The third-order valence-corrected chi connectivity index (χ3v) is 1.78. The molecular formula is C9H8F4. The van der Waals surface area contributed by atoms with Gasteiger partial charge in [-0.2, -0.15) is 13.2 Å². The normalized spacial score (nSPS) is 11.8. The van der Waals surface area contributed by atoms with Crippen LogP contribution in [0, 0.1) is 19.7 Å². The van der Waals surface area contributed by atoms with Gasteiger partial charge in [-0.05, 0) is 37.1 Å². The monoisotopic (exact) mass is 192 g/mol. The number of aryl methyl sites for hydroxylation is 2. The number of hydrogen-bond donors (Lipinski definition) is 0. The molecule has 0 bridgehead atoms. The van der Waals surface area contributed by atoms with E-state index in [1.165, 1.54) is 13.8 Å². The lowest BCUT2D eigenvalue weighted by Gasteiger charge is -2.12. The number of benzene rings is 1. The molecule has 4 heteroatoms. The average molecular weight is 192 g/mol. The molecule has 72 valence electrons. The Morgan fingerprint density at radius 2 is 1.38 bits per heavy atom. The fraction of sp³-hybridized carbons (Fsp3) is 0.333. The summed E-state index contributed by atoms with van der Waals surface area (Å²) in [6, 6.07) is 1.77. The highest BCUT2D eigenvalue weighted by molar-refractivity contribution is 5.36. The zero-order valence-electron chi connectivity index (χ0n) is 7.17. The first-order chi connectivity index (χ1) is 5.82. The quantitative estimate of drug-likeness (QED) is 0.552. The van der Waals surface area contributed by atoms with Crippen molar-refractivity contribution in [2.75, 3.05) is 0 Å². The molecule has 1 rings (SSSR count). The van der Waals surface area contributed by atoms with E-state index in [0.29, 0.717) is 0 Å². The van der Waals surface area contributed by atoms with E-state index < -0.39 is 17.6 Å². The average Bonchev–Trinajstić information content (AvgIpc) is 1.78. The van der Waals surface area contributed by atoms with Gasteiger partial charge in [0.1, 0.15) is 5.82 Å². The van der Waals surface area contributed by atoms with Crippen molar-refractivity contribution in [1.29, 1.82) is 0 Å². The Morgan fingerprint density at radius 1 is 1.00 bits per heavy atom. The fourth-order valence-electron chi connectivity index (χ4n) is 1.36. The largest absolute Gasteiger partial charge is 0.416 e. The zero-order chi connectivity index (χ0) is 10.2. The summed E-state index contributed by atoms with van der Waals surface area (Å²) in [6.07, 6.45) is -4.40. The molecule has 0 aliphatic rings. The van der Waals surface area contributed by atoms with Gasteiger partial charge in [0, 0.05) is 0 Å². The van der Waals surface area contributed by atoms with Crippen molar-refractivity contribution in [2.45, 2.75) is 20.0 Å². The Hall–Kier alpha value is -1.06. The van der Waals surface area contributed by atoms with Crippen molar-refractivity contribution < 1.29 is 17.6 Å². The van der Waals surface area contributed by atoms with Crippen LogP contribution in [-0.2, 0) is 6.18 Å². The molecule has 0 atom stereocenters. The van der Waals surface area contributed by atoms with Crippen molar-refractivity contribution in [2.24, 2.45) is 0 Å². The first-order valence-electron chi connectivity index (χ1n) is 3.66. The molecule has 0 amide bonds. The molecule has 1 aromatic rings. The Bertz CT molecular complexity index is 302. The fourth-order valence-corrected chi connectivity index (χ4v) is 1.36. The maximum Gasteiger partial charge on any atom is 0.416 e. The molecule has 0 fully saturated rings. The zero-order valence-corrected chi connectivity index (χ0v) is 7.17. The van der Waals surface area contributed by atoms with Gasteiger partial charge in [-0.1, -0.05) is 0 Å². The van der Waals surface area contributed by atoms with Crippen LogP contribution in [-0.4, -0.2) is 0 Å². The van der Waals surface area contributed by atoms with Crippen LogP contribution in [0.4, 0.5) is 17.6 Å². The number of hydrogen-bond acceptors (Lipinski definition) is 0. The van der Waals surface area contributed by atoms with E-state index >= 15 is 0 Å².